The van der Waals surface area contributed by atoms with E-state index in [0.29, 0.717) is 4.47 Å². The van der Waals surface area contributed by atoms with E-state index in [0.717, 1.165) is 18.5 Å². The molecule has 1 aromatic rings. The molecule has 0 unspecified atom stereocenters. The normalized spacial score (nSPS) is 10.4. The van der Waals surface area contributed by atoms with Crippen LogP contribution in [0, 0.1) is 5.82 Å². The Labute approximate surface area is 84.9 Å². The molecule has 2 N–H and O–H groups in total. The number of phenolic OH excluding ortho intramolecular Hbond substituents is 1. The minimum Gasteiger partial charge on any atom is -0.505 e. The maximum Gasteiger partial charge on any atom is 0.178 e. The van der Waals surface area contributed by atoms with Gasteiger partial charge in [0.05, 0.1) is 4.47 Å². The maximum atomic E-state index is 12.9. The standard InChI is InChI=1S/C9H11BrFNO/c1-12-3-2-6-4-7(10)9(11)8(13)5-6/h4-5,12-13H,2-3H2,1H3. The van der Waals surface area contributed by atoms with Gasteiger partial charge in [-0.2, -0.15) is 0 Å². The molecule has 72 valence electrons. The van der Waals surface area contributed by atoms with Gasteiger partial charge in [-0.25, -0.2) is 4.39 Å². The second kappa shape index (κ2) is 4.58. The van der Waals surface area contributed by atoms with Crippen LogP contribution >= 0.6 is 15.9 Å². The minimum atomic E-state index is -0.604. The Morgan fingerprint density at radius 3 is 2.77 bits per heavy atom. The van der Waals surface area contributed by atoms with Crippen molar-refractivity contribution in [1.29, 1.82) is 0 Å². The van der Waals surface area contributed by atoms with Crippen molar-refractivity contribution in [2.24, 2.45) is 0 Å². The number of halogens is 2. The van der Waals surface area contributed by atoms with Crippen molar-refractivity contribution in [3.05, 3.63) is 28.0 Å². The van der Waals surface area contributed by atoms with Gasteiger partial charge < -0.3 is 10.4 Å². The molecule has 0 aliphatic carbocycles. The van der Waals surface area contributed by atoms with Gasteiger partial charge in [-0.05, 0) is 53.6 Å². The van der Waals surface area contributed by atoms with Crippen molar-refractivity contribution in [2.75, 3.05) is 13.6 Å². The molecule has 1 aromatic carbocycles. The monoisotopic (exact) mass is 247 g/mol. The Hall–Kier alpha value is -0.610. The summed E-state index contributed by atoms with van der Waals surface area (Å²) in [5.74, 6) is -0.909. The summed E-state index contributed by atoms with van der Waals surface area (Å²) in [6, 6.07) is 3.11. The van der Waals surface area contributed by atoms with Gasteiger partial charge in [0.1, 0.15) is 0 Å². The molecule has 0 aliphatic rings. The Morgan fingerprint density at radius 1 is 1.54 bits per heavy atom. The lowest BCUT2D eigenvalue weighted by Gasteiger charge is -2.04. The molecule has 0 radical (unpaired) electrons. The molecule has 4 heteroatoms. The van der Waals surface area contributed by atoms with Gasteiger partial charge in [-0.3, -0.25) is 0 Å². The van der Waals surface area contributed by atoms with Crippen LogP contribution in [0.15, 0.2) is 16.6 Å². The number of rotatable bonds is 3. The number of benzene rings is 1. The number of likely N-dealkylation sites (N-methyl/N-ethyl adjacent to an activating group) is 1. The molecule has 0 amide bonds. The summed E-state index contributed by atoms with van der Waals surface area (Å²) in [4.78, 5) is 0. The van der Waals surface area contributed by atoms with Crippen LogP contribution in [0.1, 0.15) is 5.56 Å². The fraction of sp³-hybridized carbons (Fsp3) is 0.333. The van der Waals surface area contributed by atoms with Crippen LogP contribution in [0.25, 0.3) is 0 Å². The molecule has 0 aromatic heterocycles. The van der Waals surface area contributed by atoms with Crippen LogP contribution in [0.5, 0.6) is 5.75 Å². The molecule has 2 nitrogen and oxygen atoms in total. The summed E-state index contributed by atoms with van der Waals surface area (Å²) >= 11 is 3.03. The second-order valence-corrected chi connectivity index (χ2v) is 3.62. The van der Waals surface area contributed by atoms with E-state index in [9.17, 15) is 4.39 Å². The van der Waals surface area contributed by atoms with Gasteiger partial charge >= 0.3 is 0 Å². The minimum absolute atomic E-state index is 0.304. The number of nitrogens with one attached hydrogen (secondary N) is 1. The van der Waals surface area contributed by atoms with Gasteiger partial charge in [0.25, 0.3) is 0 Å². The van der Waals surface area contributed by atoms with Crippen molar-refractivity contribution in [3.8, 4) is 5.75 Å². The van der Waals surface area contributed by atoms with Gasteiger partial charge in [-0.1, -0.05) is 0 Å². The van der Waals surface area contributed by atoms with Gasteiger partial charge in [0.2, 0.25) is 0 Å². The first kappa shape index (κ1) is 10.5. The topological polar surface area (TPSA) is 32.3 Å². The summed E-state index contributed by atoms with van der Waals surface area (Å²) in [6.45, 7) is 0.803. The first-order chi connectivity index (χ1) is 6.15. The highest BCUT2D eigenvalue weighted by Crippen LogP contribution is 2.25. The highest BCUT2D eigenvalue weighted by Gasteiger charge is 2.06. The molecule has 0 spiro atoms. The molecule has 1 rings (SSSR count). The fourth-order valence-corrected chi connectivity index (χ4v) is 1.54. The number of hydrogen-bond acceptors (Lipinski definition) is 2. The third-order valence-electron chi connectivity index (χ3n) is 1.73. The molecule has 0 saturated carbocycles. The average molecular weight is 248 g/mol. The van der Waals surface area contributed by atoms with Crippen LogP contribution in [-0.2, 0) is 6.42 Å². The van der Waals surface area contributed by atoms with E-state index in [1.807, 2.05) is 7.05 Å². The van der Waals surface area contributed by atoms with Crippen molar-refractivity contribution < 1.29 is 9.50 Å². The largest absolute Gasteiger partial charge is 0.505 e. The average Bonchev–Trinajstić information content (AvgIpc) is 2.10. The van der Waals surface area contributed by atoms with Crippen molar-refractivity contribution >= 4 is 15.9 Å². The summed E-state index contributed by atoms with van der Waals surface area (Å²) < 4.78 is 13.2. The molecule has 0 saturated heterocycles. The lowest BCUT2D eigenvalue weighted by Crippen LogP contribution is -2.10. The Morgan fingerprint density at radius 2 is 2.23 bits per heavy atom. The quantitative estimate of drug-likeness (QED) is 0.858. The van der Waals surface area contributed by atoms with E-state index in [1.54, 1.807) is 6.07 Å². The van der Waals surface area contributed by atoms with E-state index in [4.69, 9.17) is 5.11 Å². The first-order valence-corrected chi connectivity index (χ1v) is 4.76. The molecule has 13 heavy (non-hydrogen) atoms. The summed E-state index contributed by atoms with van der Waals surface area (Å²) in [7, 11) is 1.85. The van der Waals surface area contributed by atoms with Crippen LogP contribution in [0.3, 0.4) is 0 Å². The van der Waals surface area contributed by atoms with E-state index < -0.39 is 5.82 Å². The summed E-state index contributed by atoms with van der Waals surface area (Å²) in [5, 5.41) is 12.1. The Balaban J connectivity index is 2.86. The highest BCUT2D eigenvalue weighted by molar-refractivity contribution is 9.10. The molecule has 0 atom stereocenters. The molecular formula is C9H11BrFNO. The smallest absolute Gasteiger partial charge is 0.178 e. The predicted octanol–water partition coefficient (Wildman–Crippen LogP) is 2.06. The summed E-state index contributed by atoms with van der Waals surface area (Å²) in [6.07, 6.45) is 0.767. The Bertz CT molecular complexity index is 281. The van der Waals surface area contributed by atoms with Crippen LogP contribution in [0.4, 0.5) is 4.39 Å². The van der Waals surface area contributed by atoms with Crippen molar-refractivity contribution in [1.82, 2.24) is 5.32 Å². The zero-order valence-corrected chi connectivity index (χ0v) is 8.86. The Kier molecular flexibility index (Phi) is 3.69. The van der Waals surface area contributed by atoms with E-state index in [-0.39, 0.29) is 5.75 Å². The van der Waals surface area contributed by atoms with E-state index in [1.165, 1.54) is 6.07 Å². The zero-order valence-electron chi connectivity index (χ0n) is 7.27. The predicted molar refractivity (Wildman–Crippen MR) is 53.4 cm³/mol. The molecule has 0 aliphatic heterocycles. The molecule has 0 heterocycles. The van der Waals surface area contributed by atoms with Crippen LogP contribution in [0.2, 0.25) is 0 Å². The first-order valence-electron chi connectivity index (χ1n) is 3.96. The van der Waals surface area contributed by atoms with E-state index >= 15 is 0 Å². The zero-order chi connectivity index (χ0) is 9.84. The van der Waals surface area contributed by atoms with Gasteiger partial charge in [0, 0.05) is 0 Å². The lowest BCUT2D eigenvalue weighted by atomic mass is 10.1. The summed E-state index contributed by atoms with van der Waals surface area (Å²) in [5.41, 5.74) is 0.903. The van der Waals surface area contributed by atoms with E-state index in [2.05, 4.69) is 21.2 Å². The fourth-order valence-electron chi connectivity index (χ4n) is 1.04. The van der Waals surface area contributed by atoms with Crippen molar-refractivity contribution in [3.63, 3.8) is 0 Å². The third-order valence-corrected chi connectivity index (χ3v) is 2.31. The van der Waals surface area contributed by atoms with Crippen LogP contribution < -0.4 is 5.32 Å². The van der Waals surface area contributed by atoms with Gasteiger partial charge in [0.15, 0.2) is 11.6 Å². The molecule has 0 bridgehead atoms. The number of aromatic hydroxyl groups is 1. The lowest BCUT2D eigenvalue weighted by molar-refractivity contribution is 0.429. The second-order valence-electron chi connectivity index (χ2n) is 2.76. The van der Waals surface area contributed by atoms with Crippen molar-refractivity contribution in [2.45, 2.75) is 6.42 Å². The third kappa shape index (κ3) is 2.67. The SMILES string of the molecule is CNCCc1cc(O)c(F)c(Br)c1. The molecule has 0 fully saturated rings. The maximum absolute atomic E-state index is 12.9. The van der Waals surface area contributed by atoms with Crippen LogP contribution in [-0.4, -0.2) is 18.7 Å². The number of phenols is 1. The molecular weight excluding hydrogens is 237 g/mol. The highest BCUT2D eigenvalue weighted by atomic mass is 79.9. The number of hydrogen-bond donors (Lipinski definition) is 2. The van der Waals surface area contributed by atoms with Gasteiger partial charge in [-0.15, -0.1) is 0 Å².